The van der Waals surface area contributed by atoms with Gasteiger partial charge in [0, 0.05) is 51.4 Å². The van der Waals surface area contributed by atoms with Gasteiger partial charge in [-0.25, -0.2) is 4.79 Å². The van der Waals surface area contributed by atoms with Crippen LogP contribution in [-0.2, 0) is 0 Å². The van der Waals surface area contributed by atoms with E-state index in [1.807, 2.05) is 0 Å². The predicted octanol–water partition coefficient (Wildman–Crippen LogP) is 2.32. The van der Waals surface area contributed by atoms with Crippen molar-refractivity contribution in [3.63, 3.8) is 0 Å². The maximum Gasteiger partial charge on any atom is 0.341 e. The Morgan fingerprint density at radius 2 is 1.86 bits per heavy atom. The van der Waals surface area contributed by atoms with Crippen LogP contribution in [0.15, 0.2) is 12.1 Å². The van der Waals surface area contributed by atoms with Gasteiger partial charge < -0.3 is 9.84 Å². The van der Waals surface area contributed by atoms with Crippen molar-refractivity contribution in [2.24, 2.45) is 0 Å². The van der Waals surface area contributed by atoms with Crippen molar-refractivity contribution in [3.05, 3.63) is 27.7 Å². The third-order valence-electron chi connectivity index (χ3n) is 1.48. The third-order valence-corrected chi connectivity index (χ3v) is 2.09. The fourth-order valence-corrected chi connectivity index (χ4v) is 1.40. The van der Waals surface area contributed by atoms with Crippen LogP contribution in [0.2, 0.25) is 10.0 Å². The van der Waals surface area contributed by atoms with Gasteiger partial charge in [-0.05, 0) is 12.1 Å². The number of aromatic carboxylic acids is 1. The summed E-state index contributed by atoms with van der Waals surface area (Å²) < 4.78 is 4.82. The first-order valence-electron chi connectivity index (χ1n) is 3.33. The third kappa shape index (κ3) is 3.10. The number of carboxylic acid groups (broad SMARTS) is 1. The molecule has 1 radical (unpaired) electrons. The van der Waals surface area contributed by atoms with Gasteiger partial charge >= 0.3 is 5.97 Å². The van der Waals surface area contributed by atoms with E-state index in [2.05, 4.69) is 0 Å². The molecule has 0 aliphatic heterocycles. The van der Waals surface area contributed by atoms with Gasteiger partial charge in [0.25, 0.3) is 0 Å². The number of rotatable bonds is 2. The topological polar surface area (TPSA) is 46.5 Å². The number of benzene rings is 1. The normalized spacial score (nSPS) is 9.07. The monoisotopic (exact) mass is 259 g/mol. The molecule has 1 rings (SSSR count). The summed E-state index contributed by atoms with van der Waals surface area (Å²) in [7, 11) is 1.34. The van der Waals surface area contributed by atoms with Gasteiger partial charge in [-0.15, -0.1) is 0 Å². The van der Waals surface area contributed by atoms with Crippen molar-refractivity contribution in [2.45, 2.75) is 0 Å². The second-order valence-electron chi connectivity index (χ2n) is 2.24. The van der Waals surface area contributed by atoms with Gasteiger partial charge in [-0.1, -0.05) is 23.2 Å². The van der Waals surface area contributed by atoms with Crippen molar-refractivity contribution in [1.29, 1.82) is 0 Å². The zero-order valence-corrected chi connectivity index (χ0v) is 12.3. The number of methoxy groups -OCH3 is 1. The van der Waals surface area contributed by atoms with E-state index in [1.165, 1.54) is 19.2 Å². The van der Waals surface area contributed by atoms with Crippen molar-refractivity contribution < 1.29 is 14.6 Å². The first-order chi connectivity index (χ1) is 6.07. The van der Waals surface area contributed by atoms with Crippen molar-refractivity contribution in [2.75, 3.05) is 7.11 Å². The summed E-state index contributed by atoms with van der Waals surface area (Å²) in [6.07, 6.45) is 0. The van der Waals surface area contributed by atoms with E-state index < -0.39 is 5.97 Å². The summed E-state index contributed by atoms with van der Waals surface area (Å²) in [5.41, 5.74) is -0.114. The number of hydrogen-bond donors (Lipinski definition) is 1. The molecule has 0 heterocycles. The number of halogens is 2. The zero-order chi connectivity index (χ0) is 10.0. The second kappa shape index (κ2) is 6.32. The molecule has 0 fully saturated rings. The number of carboxylic acids is 1. The van der Waals surface area contributed by atoms with Crippen LogP contribution >= 0.6 is 23.2 Å². The van der Waals surface area contributed by atoms with Gasteiger partial charge in [0.05, 0.1) is 17.2 Å². The average molecular weight is 260 g/mol. The van der Waals surface area contributed by atoms with Gasteiger partial charge in [0.15, 0.2) is 5.75 Å². The SMILES string of the molecule is COc1c(Cl)ccc(Cl)c1C(=O)O.[K]. The predicted molar refractivity (Wildman–Crippen MR) is 55.7 cm³/mol. The maximum atomic E-state index is 10.7. The molecule has 14 heavy (non-hydrogen) atoms. The van der Waals surface area contributed by atoms with E-state index in [0.717, 1.165) is 0 Å². The van der Waals surface area contributed by atoms with E-state index in [0.29, 0.717) is 0 Å². The minimum Gasteiger partial charge on any atom is -0.494 e. The zero-order valence-electron chi connectivity index (χ0n) is 7.67. The van der Waals surface area contributed by atoms with Gasteiger partial charge in [0.1, 0.15) is 5.56 Å². The van der Waals surface area contributed by atoms with Gasteiger partial charge in [-0.2, -0.15) is 0 Å². The van der Waals surface area contributed by atoms with E-state index in [4.69, 9.17) is 33.0 Å². The minimum absolute atomic E-state index is 0. The van der Waals surface area contributed by atoms with Crippen LogP contribution in [0.3, 0.4) is 0 Å². The first-order valence-corrected chi connectivity index (χ1v) is 4.08. The molecule has 6 heteroatoms. The Labute approximate surface area is 134 Å². The molecule has 0 unspecified atom stereocenters. The van der Waals surface area contributed by atoms with Crippen LogP contribution in [0.25, 0.3) is 0 Å². The Morgan fingerprint density at radius 3 is 2.21 bits per heavy atom. The molecule has 3 nitrogen and oxygen atoms in total. The molecular formula is C8H6Cl2KO3. The smallest absolute Gasteiger partial charge is 0.341 e. The largest absolute Gasteiger partial charge is 0.494 e. The van der Waals surface area contributed by atoms with Crippen LogP contribution in [0.1, 0.15) is 10.4 Å². The number of ether oxygens (including phenoxy) is 1. The van der Waals surface area contributed by atoms with Crippen molar-refractivity contribution in [1.82, 2.24) is 0 Å². The molecule has 0 amide bonds. The molecule has 0 aliphatic rings. The minimum atomic E-state index is -1.16. The Kier molecular flexibility index (Phi) is 6.64. The molecule has 1 N–H and O–H groups in total. The summed E-state index contributed by atoms with van der Waals surface area (Å²) in [6.45, 7) is 0. The maximum absolute atomic E-state index is 10.7. The molecule has 0 saturated carbocycles. The molecule has 71 valence electrons. The number of carbonyl (C=O) groups is 1. The summed E-state index contributed by atoms with van der Waals surface area (Å²) in [5, 5.41) is 9.11. The number of hydrogen-bond acceptors (Lipinski definition) is 2. The first kappa shape index (κ1) is 14.7. The van der Waals surface area contributed by atoms with Crippen LogP contribution in [0.4, 0.5) is 0 Å². The van der Waals surface area contributed by atoms with Crippen LogP contribution in [0.5, 0.6) is 5.75 Å². The second-order valence-corrected chi connectivity index (χ2v) is 3.06. The van der Waals surface area contributed by atoms with Crippen molar-refractivity contribution in [3.8, 4) is 5.75 Å². The van der Waals surface area contributed by atoms with E-state index in [-0.39, 0.29) is 72.7 Å². The molecule has 0 spiro atoms. The molecule has 0 aliphatic carbocycles. The van der Waals surface area contributed by atoms with Crippen LogP contribution < -0.4 is 4.74 Å². The van der Waals surface area contributed by atoms with Gasteiger partial charge in [-0.3, -0.25) is 0 Å². The van der Waals surface area contributed by atoms with E-state index in [9.17, 15) is 4.79 Å². The van der Waals surface area contributed by atoms with E-state index >= 15 is 0 Å². The molecule has 1 aromatic rings. The Bertz CT molecular complexity index is 355. The molecule has 1 aromatic carbocycles. The van der Waals surface area contributed by atoms with Gasteiger partial charge in [0.2, 0.25) is 0 Å². The summed E-state index contributed by atoms with van der Waals surface area (Å²) in [4.78, 5) is 10.7. The Morgan fingerprint density at radius 1 is 1.36 bits per heavy atom. The fourth-order valence-electron chi connectivity index (χ4n) is 0.932. The standard InChI is InChI=1S/C8H6Cl2O3.K/c1-13-7-5(10)3-2-4(9)6(7)8(11)12;/h2-3H,1H3,(H,11,12);. The Hall–Kier alpha value is 0.706. The molecule has 0 atom stereocenters. The Balaban J connectivity index is 0.00000169. The van der Waals surface area contributed by atoms with Crippen molar-refractivity contribution >= 4 is 80.6 Å². The summed E-state index contributed by atoms with van der Waals surface area (Å²) in [6, 6.07) is 2.89. The molecule has 0 aromatic heterocycles. The average Bonchev–Trinajstić information content (AvgIpc) is 2.07. The van der Waals surface area contributed by atoms with Crippen LogP contribution in [-0.4, -0.2) is 69.6 Å². The summed E-state index contributed by atoms with van der Waals surface area (Å²) >= 11 is 11.4. The molecule has 0 saturated heterocycles. The fraction of sp³-hybridized carbons (Fsp3) is 0.125. The quantitative estimate of drug-likeness (QED) is 0.830. The summed E-state index contributed by atoms with van der Waals surface area (Å²) in [5.74, 6) is -1.08. The van der Waals surface area contributed by atoms with Crippen LogP contribution in [0, 0.1) is 0 Å². The van der Waals surface area contributed by atoms with E-state index in [1.54, 1.807) is 0 Å². The molecule has 0 bridgehead atoms. The molecular weight excluding hydrogens is 254 g/mol.